The Balaban J connectivity index is 0.000000980. The fourth-order valence-corrected chi connectivity index (χ4v) is 2.23. The van der Waals surface area contributed by atoms with Crippen molar-refractivity contribution in [2.45, 2.75) is 38.6 Å². The quantitative estimate of drug-likeness (QED) is 0.711. The molecular weight excluding hydrogens is 194 g/mol. The van der Waals surface area contributed by atoms with Gasteiger partial charge in [-0.15, -0.1) is 12.4 Å². The summed E-state index contributed by atoms with van der Waals surface area (Å²) in [6.07, 6.45) is 6.55. The van der Waals surface area contributed by atoms with Crippen molar-refractivity contribution in [3.63, 3.8) is 0 Å². The summed E-state index contributed by atoms with van der Waals surface area (Å²) < 4.78 is 0. The van der Waals surface area contributed by atoms with Crippen LogP contribution in [-0.2, 0) is 19.4 Å². The summed E-state index contributed by atoms with van der Waals surface area (Å²) in [4.78, 5) is 0. The topological polar surface area (TPSA) is 26.0 Å². The predicted molar refractivity (Wildman–Crippen MR) is 62.8 cm³/mol. The lowest BCUT2D eigenvalue weighted by atomic mass is 9.97. The Labute approximate surface area is 92.1 Å². The summed E-state index contributed by atoms with van der Waals surface area (Å²) in [5.41, 5.74) is 10.2. The molecule has 0 bridgehead atoms. The molecule has 2 heteroatoms. The van der Waals surface area contributed by atoms with Gasteiger partial charge in [0.1, 0.15) is 0 Å². The molecule has 1 nitrogen and oxygen atoms in total. The standard InChI is InChI=1S/C12H17N.ClH/c13-9-11-7-4-6-10-5-2-1-3-8-12(10)11;/h4,6-7H,1-3,5,8-9,13H2;1H. The normalized spacial score (nSPS) is 15.2. The second-order valence-electron chi connectivity index (χ2n) is 3.82. The van der Waals surface area contributed by atoms with Crippen molar-refractivity contribution in [2.75, 3.05) is 0 Å². The fraction of sp³-hybridized carbons (Fsp3) is 0.500. The molecule has 1 aromatic carbocycles. The van der Waals surface area contributed by atoms with Crippen LogP contribution in [0.5, 0.6) is 0 Å². The second-order valence-corrected chi connectivity index (χ2v) is 3.82. The highest BCUT2D eigenvalue weighted by molar-refractivity contribution is 5.85. The van der Waals surface area contributed by atoms with Gasteiger partial charge in [0, 0.05) is 6.54 Å². The van der Waals surface area contributed by atoms with Crippen LogP contribution >= 0.6 is 12.4 Å². The molecule has 14 heavy (non-hydrogen) atoms. The van der Waals surface area contributed by atoms with Gasteiger partial charge in [-0.1, -0.05) is 24.6 Å². The summed E-state index contributed by atoms with van der Waals surface area (Å²) in [6.45, 7) is 0.698. The van der Waals surface area contributed by atoms with Crippen LogP contribution in [0.15, 0.2) is 18.2 Å². The van der Waals surface area contributed by atoms with Crippen molar-refractivity contribution in [1.29, 1.82) is 0 Å². The van der Waals surface area contributed by atoms with E-state index in [-0.39, 0.29) is 12.4 Å². The van der Waals surface area contributed by atoms with Gasteiger partial charge in [-0.05, 0) is 42.4 Å². The molecule has 1 aliphatic carbocycles. The third-order valence-electron chi connectivity index (χ3n) is 2.96. The average molecular weight is 212 g/mol. The van der Waals surface area contributed by atoms with Crippen molar-refractivity contribution < 1.29 is 0 Å². The fourth-order valence-electron chi connectivity index (χ4n) is 2.23. The van der Waals surface area contributed by atoms with Gasteiger partial charge in [0.15, 0.2) is 0 Å². The Bertz CT molecular complexity index is 296. The van der Waals surface area contributed by atoms with Crippen LogP contribution in [0.4, 0.5) is 0 Å². The molecule has 2 rings (SSSR count). The molecular formula is C12H18ClN. The number of fused-ring (bicyclic) bond motifs is 1. The van der Waals surface area contributed by atoms with Crippen LogP contribution in [0.1, 0.15) is 36.0 Å². The number of halogens is 1. The van der Waals surface area contributed by atoms with E-state index < -0.39 is 0 Å². The van der Waals surface area contributed by atoms with Gasteiger partial charge in [0.2, 0.25) is 0 Å². The molecule has 1 aromatic rings. The van der Waals surface area contributed by atoms with E-state index >= 15 is 0 Å². The Morgan fingerprint density at radius 3 is 2.64 bits per heavy atom. The highest BCUT2D eigenvalue weighted by Crippen LogP contribution is 2.23. The molecule has 0 aromatic heterocycles. The van der Waals surface area contributed by atoms with Gasteiger partial charge in [0.05, 0.1) is 0 Å². The number of hydrogen-bond donors (Lipinski definition) is 1. The summed E-state index contributed by atoms with van der Waals surface area (Å²) in [6, 6.07) is 6.58. The molecule has 0 fully saturated rings. The number of benzene rings is 1. The lowest BCUT2D eigenvalue weighted by molar-refractivity contribution is 0.710. The van der Waals surface area contributed by atoms with Crippen LogP contribution in [0.3, 0.4) is 0 Å². The molecule has 0 unspecified atom stereocenters. The largest absolute Gasteiger partial charge is 0.326 e. The highest BCUT2D eigenvalue weighted by Gasteiger charge is 2.10. The van der Waals surface area contributed by atoms with Gasteiger partial charge in [0.25, 0.3) is 0 Å². The molecule has 0 atom stereocenters. The molecule has 0 radical (unpaired) electrons. The predicted octanol–water partition coefficient (Wildman–Crippen LogP) is 2.84. The van der Waals surface area contributed by atoms with Gasteiger partial charge in [-0.2, -0.15) is 0 Å². The third-order valence-corrected chi connectivity index (χ3v) is 2.96. The van der Waals surface area contributed by atoms with Crippen molar-refractivity contribution in [1.82, 2.24) is 0 Å². The summed E-state index contributed by atoms with van der Waals surface area (Å²) in [5.74, 6) is 0. The Kier molecular flexibility index (Phi) is 4.43. The maximum atomic E-state index is 5.72. The Hall–Kier alpha value is -0.530. The zero-order valence-electron chi connectivity index (χ0n) is 8.46. The van der Waals surface area contributed by atoms with E-state index in [4.69, 9.17) is 5.73 Å². The first-order valence-electron chi connectivity index (χ1n) is 5.21. The SMILES string of the molecule is Cl.NCc1cccc2c1CCCCC2. The van der Waals surface area contributed by atoms with Crippen molar-refractivity contribution in [3.8, 4) is 0 Å². The Morgan fingerprint density at radius 2 is 1.86 bits per heavy atom. The monoisotopic (exact) mass is 211 g/mol. The summed E-state index contributed by atoms with van der Waals surface area (Å²) >= 11 is 0. The lowest BCUT2D eigenvalue weighted by Crippen LogP contribution is -2.03. The molecule has 0 saturated heterocycles. The number of nitrogens with two attached hydrogens (primary N) is 1. The van der Waals surface area contributed by atoms with Crippen molar-refractivity contribution in [2.24, 2.45) is 5.73 Å². The van der Waals surface area contributed by atoms with E-state index in [1.807, 2.05) is 0 Å². The third kappa shape index (κ3) is 2.28. The molecule has 0 saturated carbocycles. The first-order chi connectivity index (χ1) is 6.42. The van der Waals surface area contributed by atoms with E-state index in [9.17, 15) is 0 Å². The van der Waals surface area contributed by atoms with Gasteiger partial charge >= 0.3 is 0 Å². The zero-order valence-corrected chi connectivity index (χ0v) is 9.28. The molecule has 0 heterocycles. The highest BCUT2D eigenvalue weighted by atomic mass is 35.5. The van der Waals surface area contributed by atoms with Crippen LogP contribution in [-0.4, -0.2) is 0 Å². The van der Waals surface area contributed by atoms with Gasteiger partial charge in [-0.25, -0.2) is 0 Å². The number of rotatable bonds is 1. The summed E-state index contributed by atoms with van der Waals surface area (Å²) in [5, 5.41) is 0. The minimum atomic E-state index is 0. The Morgan fingerprint density at radius 1 is 1.07 bits per heavy atom. The number of hydrogen-bond acceptors (Lipinski definition) is 1. The molecule has 0 amide bonds. The average Bonchev–Trinajstić information content (AvgIpc) is 2.41. The first kappa shape index (κ1) is 11.5. The van der Waals surface area contributed by atoms with E-state index in [0.717, 1.165) is 0 Å². The van der Waals surface area contributed by atoms with Gasteiger partial charge in [-0.3, -0.25) is 0 Å². The lowest BCUT2D eigenvalue weighted by Gasteiger charge is -2.10. The van der Waals surface area contributed by atoms with Crippen LogP contribution in [0.2, 0.25) is 0 Å². The molecule has 0 aliphatic heterocycles. The second kappa shape index (κ2) is 5.38. The van der Waals surface area contributed by atoms with Crippen molar-refractivity contribution >= 4 is 12.4 Å². The minimum absolute atomic E-state index is 0. The van der Waals surface area contributed by atoms with Crippen LogP contribution in [0, 0.1) is 0 Å². The molecule has 0 spiro atoms. The molecule has 1 aliphatic rings. The van der Waals surface area contributed by atoms with E-state index in [1.165, 1.54) is 37.7 Å². The van der Waals surface area contributed by atoms with Crippen molar-refractivity contribution in [3.05, 3.63) is 34.9 Å². The number of aryl methyl sites for hydroxylation is 1. The van der Waals surface area contributed by atoms with E-state index in [1.54, 1.807) is 11.1 Å². The van der Waals surface area contributed by atoms with Crippen LogP contribution in [0.25, 0.3) is 0 Å². The summed E-state index contributed by atoms with van der Waals surface area (Å²) in [7, 11) is 0. The maximum absolute atomic E-state index is 5.72. The molecule has 78 valence electrons. The molecule has 2 N–H and O–H groups in total. The smallest absolute Gasteiger partial charge is 0.0180 e. The maximum Gasteiger partial charge on any atom is 0.0180 e. The first-order valence-corrected chi connectivity index (χ1v) is 5.21. The van der Waals surface area contributed by atoms with E-state index in [2.05, 4.69) is 18.2 Å². The zero-order chi connectivity index (χ0) is 9.10. The minimum Gasteiger partial charge on any atom is -0.326 e. The van der Waals surface area contributed by atoms with Gasteiger partial charge < -0.3 is 5.73 Å². The van der Waals surface area contributed by atoms with E-state index in [0.29, 0.717) is 6.54 Å². The van der Waals surface area contributed by atoms with Crippen LogP contribution < -0.4 is 5.73 Å².